The molecule has 1 N–H and O–H groups in total. The van der Waals surface area contributed by atoms with Crippen molar-refractivity contribution in [3.63, 3.8) is 0 Å². The number of pyridine rings is 1. The highest BCUT2D eigenvalue weighted by Gasteiger charge is 2.19. The van der Waals surface area contributed by atoms with E-state index >= 15 is 0 Å². The third-order valence-corrected chi connectivity index (χ3v) is 5.55. The summed E-state index contributed by atoms with van der Waals surface area (Å²) in [6.45, 7) is 5.81. The molecule has 1 aromatic heterocycles. The summed E-state index contributed by atoms with van der Waals surface area (Å²) in [4.78, 5) is 17.1. The average molecular weight is 333 g/mol. The molecule has 134 valence electrons. The second-order valence-electron chi connectivity index (χ2n) is 7.38. The van der Waals surface area contributed by atoms with E-state index in [1.807, 2.05) is 7.05 Å². The molecule has 2 aliphatic heterocycles. The van der Waals surface area contributed by atoms with Gasteiger partial charge in [-0.2, -0.15) is 0 Å². The van der Waals surface area contributed by atoms with E-state index < -0.39 is 0 Å². The monoisotopic (exact) mass is 333 g/mol. The van der Waals surface area contributed by atoms with Crippen LogP contribution in [-0.4, -0.2) is 45.7 Å². The molecule has 1 aromatic rings. The van der Waals surface area contributed by atoms with Gasteiger partial charge in [0.15, 0.2) is 5.75 Å². The Morgan fingerprint density at radius 3 is 1.96 bits per heavy atom. The molecular weight excluding hydrogens is 302 g/mol. The molecule has 24 heavy (non-hydrogen) atoms. The third-order valence-electron chi connectivity index (χ3n) is 5.55. The molecule has 3 heterocycles. The first-order chi connectivity index (χ1) is 11.6. The first-order valence-electron chi connectivity index (χ1n) is 9.50. The van der Waals surface area contributed by atoms with Crippen molar-refractivity contribution in [2.75, 3.05) is 26.2 Å². The fourth-order valence-electron chi connectivity index (χ4n) is 3.98. The molecule has 3 rings (SSSR count). The minimum atomic E-state index is -0.232. The standard InChI is InChI=1S/C19H31N3O2/c1-20-16(14-21-9-7-4-8-10-21)13-18(23)19(24)17(20)15-22-11-5-2-3-6-12-22/h13,24H,2-12,14-15H2,1H3. The molecule has 0 atom stereocenters. The van der Waals surface area contributed by atoms with E-state index in [2.05, 4.69) is 14.4 Å². The van der Waals surface area contributed by atoms with Crippen molar-refractivity contribution in [2.24, 2.45) is 7.05 Å². The first kappa shape index (κ1) is 17.5. The second kappa shape index (κ2) is 8.17. The molecule has 2 aliphatic rings. The van der Waals surface area contributed by atoms with Crippen LogP contribution in [0.2, 0.25) is 0 Å². The van der Waals surface area contributed by atoms with Crippen LogP contribution in [0.1, 0.15) is 56.3 Å². The highest BCUT2D eigenvalue weighted by Crippen LogP contribution is 2.20. The van der Waals surface area contributed by atoms with Crippen LogP contribution in [0.25, 0.3) is 0 Å². The number of nitrogens with zero attached hydrogens (tertiary/aromatic N) is 3. The quantitative estimate of drug-likeness (QED) is 0.919. The minimum Gasteiger partial charge on any atom is -0.503 e. The Kier molecular flexibility index (Phi) is 5.95. The summed E-state index contributed by atoms with van der Waals surface area (Å²) in [5.74, 6) is -0.0656. The van der Waals surface area contributed by atoms with Crippen molar-refractivity contribution in [2.45, 2.75) is 58.0 Å². The average Bonchev–Trinajstić information content (AvgIpc) is 2.86. The number of aromatic hydroxyl groups is 1. The first-order valence-corrected chi connectivity index (χ1v) is 9.50. The predicted molar refractivity (Wildman–Crippen MR) is 96.2 cm³/mol. The highest BCUT2D eigenvalue weighted by atomic mass is 16.3. The van der Waals surface area contributed by atoms with Gasteiger partial charge < -0.3 is 9.67 Å². The van der Waals surface area contributed by atoms with E-state index in [-0.39, 0.29) is 11.2 Å². The van der Waals surface area contributed by atoms with E-state index in [9.17, 15) is 9.90 Å². The molecule has 2 fully saturated rings. The van der Waals surface area contributed by atoms with Crippen molar-refractivity contribution in [1.82, 2.24) is 14.4 Å². The Morgan fingerprint density at radius 1 is 0.875 bits per heavy atom. The van der Waals surface area contributed by atoms with Gasteiger partial charge in [0.25, 0.3) is 0 Å². The topological polar surface area (TPSA) is 48.7 Å². The fourth-order valence-corrected chi connectivity index (χ4v) is 3.98. The third kappa shape index (κ3) is 4.19. The van der Waals surface area contributed by atoms with Crippen molar-refractivity contribution in [3.05, 3.63) is 27.7 Å². The molecule has 0 saturated carbocycles. The molecule has 0 bridgehead atoms. The lowest BCUT2D eigenvalue weighted by Gasteiger charge is -2.28. The van der Waals surface area contributed by atoms with Gasteiger partial charge in [-0.15, -0.1) is 0 Å². The van der Waals surface area contributed by atoms with Gasteiger partial charge in [0, 0.05) is 31.9 Å². The van der Waals surface area contributed by atoms with Crippen molar-refractivity contribution >= 4 is 0 Å². The van der Waals surface area contributed by atoms with Crippen LogP contribution in [0.15, 0.2) is 10.9 Å². The molecule has 0 radical (unpaired) electrons. The van der Waals surface area contributed by atoms with Gasteiger partial charge in [-0.1, -0.05) is 19.3 Å². The minimum absolute atomic E-state index is 0.0656. The SMILES string of the molecule is Cn1c(CN2CCCCC2)cc(=O)c(O)c1CN1CCCCCC1. The number of hydrogen-bond donors (Lipinski definition) is 1. The number of rotatable bonds is 4. The van der Waals surface area contributed by atoms with Crippen molar-refractivity contribution < 1.29 is 5.11 Å². The highest BCUT2D eigenvalue weighted by molar-refractivity contribution is 5.30. The Bertz CT molecular complexity index is 597. The largest absolute Gasteiger partial charge is 0.503 e. The maximum atomic E-state index is 12.3. The Labute approximate surface area is 144 Å². The fraction of sp³-hybridized carbons (Fsp3) is 0.737. The summed E-state index contributed by atoms with van der Waals surface area (Å²) in [7, 11) is 1.99. The van der Waals surface area contributed by atoms with E-state index in [0.29, 0.717) is 6.54 Å². The maximum absolute atomic E-state index is 12.3. The molecule has 5 nitrogen and oxygen atoms in total. The Hall–Kier alpha value is -1.33. The van der Waals surface area contributed by atoms with Crippen LogP contribution in [-0.2, 0) is 20.1 Å². The summed E-state index contributed by atoms with van der Waals surface area (Å²) in [6, 6.07) is 1.62. The summed E-state index contributed by atoms with van der Waals surface area (Å²) in [5.41, 5.74) is 1.56. The second-order valence-corrected chi connectivity index (χ2v) is 7.38. The van der Waals surface area contributed by atoms with Gasteiger partial charge in [-0.25, -0.2) is 0 Å². The predicted octanol–water partition coefficient (Wildman–Crippen LogP) is 2.45. The number of aromatic nitrogens is 1. The van der Waals surface area contributed by atoms with E-state index in [1.54, 1.807) is 6.07 Å². The van der Waals surface area contributed by atoms with Gasteiger partial charge in [0.1, 0.15) is 0 Å². The lowest BCUT2D eigenvalue weighted by Crippen LogP contribution is -2.32. The zero-order chi connectivity index (χ0) is 16.9. The zero-order valence-electron chi connectivity index (χ0n) is 15.0. The number of piperidine rings is 1. The molecule has 5 heteroatoms. The van der Waals surface area contributed by atoms with Crippen LogP contribution in [0.5, 0.6) is 5.75 Å². The van der Waals surface area contributed by atoms with Gasteiger partial charge in [0.05, 0.1) is 5.69 Å². The van der Waals surface area contributed by atoms with Gasteiger partial charge in [-0.05, 0) is 51.9 Å². The molecule has 0 aliphatic carbocycles. The molecule has 0 aromatic carbocycles. The summed E-state index contributed by atoms with van der Waals surface area (Å²) in [6.07, 6.45) is 8.79. The Morgan fingerprint density at radius 2 is 1.38 bits per heavy atom. The zero-order valence-corrected chi connectivity index (χ0v) is 15.0. The number of hydrogen-bond acceptors (Lipinski definition) is 4. The summed E-state index contributed by atoms with van der Waals surface area (Å²) >= 11 is 0. The van der Waals surface area contributed by atoms with E-state index in [4.69, 9.17) is 0 Å². The smallest absolute Gasteiger partial charge is 0.223 e. The van der Waals surface area contributed by atoms with Gasteiger partial charge in [-0.3, -0.25) is 14.6 Å². The van der Waals surface area contributed by atoms with E-state index in [0.717, 1.165) is 44.1 Å². The molecule has 0 amide bonds. The molecular formula is C19H31N3O2. The summed E-state index contributed by atoms with van der Waals surface area (Å²) < 4.78 is 2.05. The maximum Gasteiger partial charge on any atom is 0.223 e. The van der Waals surface area contributed by atoms with Crippen molar-refractivity contribution in [3.8, 4) is 5.75 Å². The lowest BCUT2D eigenvalue weighted by molar-refractivity contribution is 0.214. The van der Waals surface area contributed by atoms with Crippen LogP contribution < -0.4 is 5.43 Å². The Balaban J connectivity index is 1.80. The van der Waals surface area contributed by atoms with Crippen LogP contribution in [0.4, 0.5) is 0 Å². The van der Waals surface area contributed by atoms with E-state index in [1.165, 1.54) is 44.9 Å². The molecule has 0 spiro atoms. The lowest BCUT2D eigenvalue weighted by atomic mass is 10.1. The molecule has 0 unspecified atom stereocenters. The van der Waals surface area contributed by atoms with Crippen LogP contribution in [0.3, 0.4) is 0 Å². The molecule has 2 saturated heterocycles. The normalized spacial score (nSPS) is 20.9. The summed E-state index contributed by atoms with van der Waals surface area (Å²) in [5, 5.41) is 10.3. The van der Waals surface area contributed by atoms with Crippen LogP contribution in [0, 0.1) is 0 Å². The van der Waals surface area contributed by atoms with Crippen molar-refractivity contribution in [1.29, 1.82) is 0 Å². The van der Waals surface area contributed by atoms with Gasteiger partial charge in [0.2, 0.25) is 5.43 Å². The van der Waals surface area contributed by atoms with Gasteiger partial charge >= 0.3 is 0 Å². The number of likely N-dealkylation sites (tertiary alicyclic amines) is 2. The van der Waals surface area contributed by atoms with Crippen LogP contribution >= 0.6 is 0 Å².